The van der Waals surface area contributed by atoms with Crippen LogP contribution >= 0.6 is 39.1 Å². The lowest BCUT2D eigenvalue weighted by atomic mass is 9.93. The summed E-state index contributed by atoms with van der Waals surface area (Å²) in [5.41, 5.74) is 2.52. The molecule has 0 aliphatic heterocycles. The zero-order valence-corrected chi connectivity index (χ0v) is 22.3. The van der Waals surface area contributed by atoms with Gasteiger partial charge >= 0.3 is 5.97 Å². The van der Waals surface area contributed by atoms with Gasteiger partial charge in [-0.25, -0.2) is 4.79 Å². The highest BCUT2D eigenvalue weighted by Crippen LogP contribution is 2.37. The van der Waals surface area contributed by atoms with Crippen LogP contribution in [-0.4, -0.2) is 28.0 Å². The molecule has 5 rings (SSSR count). The Balaban J connectivity index is 1.53. The smallest absolute Gasteiger partial charge is 0.326 e. The van der Waals surface area contributed by atoms with E-state index >= 15 is 0 Å². The number of carbonyl (C=O) groups excluding carboxylic acids is 1. The van der Waals surface area contributed by atoms with Gasteiger partial charge in [0, 0.05) is 23.6 Å². The van der Waals surface area contributed by atoms with E-state index in [0.717, 1.165) is 42.8 Å². The van der Waals surface area contributed by atoms with Crippen molar-refractivity contribution in [2.75, 3.05) is 0 Å². The second-order valence-electron chi connectivity index (χ2n) is 8.49. The zero-order chi connectivity index (χ0) is 26.1. The lowest BCUT2D eigenvalue weighted by Gasteiger charge is -2.18. The van der Waals surface area contributed by atoms with Crippen LogP contribution in [0, 0.1) is 0 Å². The number of hydrogen-bond acceptors (Lipinski definition) is 3. The van der Waals surface area contributed by atoms with E-state index < -0.39 is 17.9 Å². The minimum Gasteiger partial charge on any atom is -0.480 e. The van der Waals surface area contributed by atoms with Gasteiger partial charge in [-0.05, 0) is 49.8 Å². The molecule has 184 valence electrons. The number of carboxylic acid groups (broad SMARTS) is 1. The van der Waals surface area contributed by atoms with Gasteiger partial charge < -0.3 is 10.4 Å². The van der Waals surface area contributed by atoms with E-state index in [0.29, 0.717) is 0 Å². The maximum absolute atomic E-state index is 12.9. The number of carbonyl (C=O) groups is 2. The minimum atomic E-state index is -1.19. The number of benzene rings is 4. The van der Waals surface area contributed by atoms with Gasteiger partial charge in [-0.1, -0.05) is 89.9 Å². The summed E-state index contributed by atoms with van der Waals surface area (Å²) < 4.78 is 0.885. The Morgan fingerprint density at radius 1 is 0.865 bits per heavy atom. The molecule has 0 fully saturated rings. The summed E-state index contributed by atoms with van der Waals surface area (Å²) in [6, 6.07) is 23.0. The van der Waals surface area contributed by atoms with E-state index in [2.05, 4.69) is 21.2 Å². The van der Waals surface area contributed by atoms with Gasteiger partial charge in [0.15, 0.2) is 0 Å². The maximum Gasteiger partial charge on any atom is 0.326 e. The molecular weight excluding hydrogens is 575 g/mol. The molecule has 37 heavy (non-hydrogen) atoms. The molecule has 0 aliphatic rings. The summed E-state index contributed by atoms with van der Waals surface area (Å²) in [5, 5.41) is 16.7. The molecule has 5 nitrogen and oxygen atoms in total. The fraction of sp³-hybridized carbons (Fsp3) is 0.0690. The van der Waals surface area contributed by atoms with E-state index in [1.54, 1.807) is 6.07 Å². The standard InChI is InChI=1S/C29H19BrCl2N2O3/c30-26-19-8-2-1-6-17(19)15-33-27(26)21-13-12-16(18-7-3-4-9-20(18)21)14-24(29(36)37)34-28(35)25-22(31)10-5-11-23(25)32/h1-13,15,24H,14H2,(H,34,35)(H,36,37)/t24-/m0/s1. The number of hydrogen-bond donors (Lipinski definition) is 2. The van der Waals surface area contributed by atoms with Gasteiger partial charge in [-0.3, -0.25) is 9.78 Å². The number of nitrogens with one attached hydrogen (secondary N) is 1. The van der Waals surface area contributed by atoms with E-state index in [9.17, 15) is 14.7 Å². The summed E-state index contributed by atoms with van der Waals surface area (Å²) in [6.45, 7) is 0. The Morgan fingerprint density at radius 3 is 2.22 bits per heavy atom. The second-order valence-corrected chi connectivity index (χ2v) is 10.1. The van der Waals surface area contributed by atoms with Gasteiger partial charge in [0.05, 0.1) is 25.8 Å². The van der Waals surface area contributed by atoms with E-state index in [4.69, 9.17) is 28.2 Å². The molecule has 0 spiro atoms. The fourth-order valence-electron chi connectivity index (χ4n) is 4.43. The average Bonchev–Trinajstić information content (AvgIpc) is 2.89. The summed E-state index contributed by atoms with van der Waals surface area (Å²) in [7, 11) is 0. The lowest BCUT2D eigenvalue weighted by Crippen LogP contribution is -2.42. The normalized spacial score (nSPS) is 12.0. The first-order valence-electron chi connectivity index (χ1n) is 11.4. The Bertz CT molecular complexity index is 1670. The summed E-state index contributed by atoms with van der Waals surface area (Å²) in [4.78, 5) is 29.7. The van der Waals surface area contributed by atoms with Crippen LogP contribution < -0.4 is 5.32 Å². The molecule has 1 amide bonds. The minimum absolute atomic E-state index is 0.0459. The van der Waals surface area contributed by atoms with Crippen LogP contribution in [0.4, 0.5) is 0 Å². The van der Waals surface area contributed by atoms with Crippen molar-refractivity contribution in [1.29, 1.82) is 0 Å². The number of aliphatic carboxylic acids is 1. The third-order valence-electron chi connectivity index (χ3n) is 6.22. The number of rotatable bonds is 6. The Morgan fingerprint density at radius 2 is 1.51 bits per heavy atom. The van der Waals surface area contributed by atoms with Crippen molar-refractivity contribution in [2.45, 2.75) is 12.5 Å². The van der Waals surface area contributed by atoms with Crippen LogP contribution in [0.15, 0.2) is 89.5 Å². The van der Waals surface area contributed by atoms with E-state index in [-0.39, 0.29) is 22.0 Å². The monoisotopic (exact) mass is 592 g/mol. The van der Waals surface area contributed by atoms with Gasteiger partial charge in [-0.2, -0.15) is 0 Å². The van der Waals surface area contributed by atoms with Crippen LogP contribution in [0.2, 0.25) is 10.0 Å². The molecule has 0 radical (unpaired) electrons. The van der Waals surface area contributed by atoms with Crippen molar-refractivity contribution in [1.82, 2.24) is 10.3 Å². The molecule has 8 heteroatoms. The quantitative estimate of drug-likeness (QED) is 0.213. The van der Waals surface area contributed by atoms with Crippen LogP contribution in [0.25, 0.3) is 32.8 Å². The highest BCUT2D eigenvalue weighted by atomic mass is 79.9. The SMILES string of the molecule is O=C(N[C@@H](Cc1ccc(-c2ncc3ccccc3c2Br)c2ccccc12)C(=O)O)c1c(Cl)cccc1Cl. The van der Waals surface area contributed by atoms with Gasteiger partial charge in [0.25, 0.3) is 5.91 Å². The molecule has 0 unspecified atom stereocenters. The number of fused-ring (bicyclic) bond motifs is 2. The number of amides is 1. The zero-order valence-electron chi connectivity index (χ0n) is 19.2. The molecule has 0 saturated heterocycles. The Hall–Kier alpha value is -3.45. The van der Waals surface area contributed by atoms with Crippen molar-refractivity contribution in [3.05, 3.63) is 111 Å². The number of nitrogens with zero attached hydrogens (tertiary/aromatic N) is 1. The predicted octanol–water partition coefficient (Wildman–Crippen LogP) is 7.55. The van der Waals surface area contributed by atoms with Gasteiger partial charge in [0.1, 0.15) is 6.04 Å². The molecule has 0 saturated carbocycles. The van der Waals surface area contributed by atoms with Crippen molar-refractivity contribution in [2.24, 2.45) is 0 Å². The lowest BCUT2D eigenvalue weighted by molar-refractivity contribution is -0.139. The third-order valence-corrected chi connectivity index (χ3v) is 7.66. The molecule has 4 aromatic carbocycles. The fourth-order valence-corrected chi connectivity index (χ4v) is 5.67. The van der Waals surface area contributed by atoms with Crippen LogP contribution in [0.3, 0.4) is 0 Å². The molecule has 1 aromatic heterocycles. The number of aromatic nitrogens is 1. The summed E-state index contributed by atoms with van der Waals surface area (Å²) in [6.07, 6.45) is 1.91. The van der Waals surface area contributed by atoms with Crippen molar-refractivity contribution in [3.63, 3.8) is 0 Å². The largest absolute Gasteiger partial charge is 0.480 e. The third kappa shape index (κ3) is 4.92. The van der Waals surface area contributed by atoms with E-state index in [1.807, 2.05) is 66.9 Å². The van der Waals surface area contributed by atoms with Crippen molar-refractivity contribution < 1.29 is 14.7 Å². The van der Waals surface area contributed by atoms with Crippen molar-refractivity contribution >= 4 is 72.6 Å². The number of carboxylic acids is 1. The van der Waals surface area contributed by atoms with Crippen LogP contribution in [0.5, 0.6) is 0 Å². The Labute approximate surface area is 231 Å². The molecule has 1 atom stereocenters. The maximum atomic E-state index is 12.9. The highest BCUT2D eigenvalue weighted by molar-refractivity contribution is 9.10. The molecule has 0 bridgehead atoms. The van der Waals surface area contributed by atoms with E-state index in [1.165, 1.54) is 12.1 Å². The second kappa shape index (κ2) is 10.5. The average molecular weight is 594 g/mol. The number of halogens is 3. The van der Waals surface area contributed by atoms with Gasteiger partial charge in [0.2, 0.25) is 0 Å². The van der Waals surface area contributed by atoms with Crippen LogP contribution in [-0.2, 0) is 11.2 Å². The predicted molar refractivity (Wildman–Crippen MR) is 151 cm³/mol. The summed E-state index contributed by atoms with van der Waals surface area (Å²) in [5.74, 6) is -1.81. The van der Waals surface area contributed by atoms with Gasteiger partial charge in [-0.15, -0.1) is 0 Å². The topological polar surface area (TPSA) is 79.3 Å². The molecule has 2 N–H and O–H groups in total. The van der Waals surface area contributed by atoms with Crippen molar-refractivity contribution in [3.8, 4) is 11.3 Å². The first-order valence-corrected chi connectivity index (χ1v) is 12.9. The first kappa shape index (κ1) is 25.2. The molecular formula is C29H19BrCl2N2O3. The summed E-state index contributed by atoms with van der Waals surface area (Å²) >= 11 is 16.0. The highest BCUT2D eigenvalue weighted by Gasteiger charge is 2.25. The van der Waals surface area contributed by atoms with Crippen LogP contribution in [0.1, 0.15) is 15.9 Å². The number of pyridine rings is 1. The Kier molecular flexibility index (Phi) is 7.15. The molecule has 5 aromatic rings. The molecule has 0 aliphatic carbocycles. The first-order chi connectivity index (χ1) is 17.8. The molecule has 1 heterocycles.